The van der Waals surface area contributed by atoms with Crippen LogP contribution in [0.25, 0.3) is 11.4 Å². The molecule has 0 unspecified atom stereocenters. The summed E-state index contributed by atoms with van der Waals surface area (Å²) in [4.78, 5) is 16.8. The molecular formula is C18H17N3O2S. The van der Waals surface area contributed by atoms with E-state index in [4.69, 9.17) is 4.74 Å². The van der Waals surface area contributed by atoms with Gasteiger partial charge in [-0.3, -0.25) is 10.1 Å². The van der Waals surface area contributed by atoms with Gasteiger partial charge in [0.15, 0.2) is 5.82 Å². The summed E-state index contributed by atoms with van der Waals surface area (Å²) >= 11 is 1.16. The Balaban J connectivity index is 1.78. The van der Waals surface area contributed by atoms with Crippen molar-refractivity contribution in [1.82, 2.24) is 9.36 Å². The largest absolute Gasteiger partial charge is 0.497 e. The minimum atomic E-state index is -0.173. The number of carbonyl (C=O) groups is 1. The standard InChI is InChI=1S/C18H17N3O2S/c1-11-4-5-12(2)15(10-11)17(22)20-18-19-16(21-24-18)13-6-8-14(23-3)9-7-13/h4-10H,1-3H3,(H,19,20,21,22). The Morgan fingerprint density at radius 2 is 1.88 bits per heavy atom. The predicted molar refractivity (Wildman–Crippen MR) is 95.8 cm³/mol. The summed E-state index contributed by atoms with van der Waals surface area (Å²) in [6, 6.07) is 13.3. The molecule has 3 rings (SSSR count). The number of hydrogen-bond acceptors (Lipinski definition) is 5. The summed E-state index contributed by atoms with van der Waals surface area (Å²) in [7, 11) is 1.62. The zero-order valence-corrected chi connectivity index (χ0v) is 14.5. The van der Waals surface area contributed by atoms with Crippen LogP contribution in [-0.4, -0.2) is 22.4 Å². The summed E-state index contributed by atoms with van der Waals surface area (Å²) in [5.41, 5.74) is 3.50. The molecule has 0 spiro atoms. The van der Waals surface area contributed by atoms with Crippen molar-refractivity contribution in [3.05, 3.63) is 59.2 Å². The van der Waals surface area contributed by atoms with Crippen LogP contribution in [0, 0.1) is 13.8 Å². The number of nitrogens with zero attached hydrogens (tertiary/aromatic N) is 2. The maximum Gasteiger partial charge on any atom is 0.257 e. The number of methoxy groups -OCH3 is 1. The average Bonchev–Trinajstić information content (AvgIpc) is 3.05. The van der Waals surface area contributed by atoms with Gasteiger partial charge in [0.1, 0.15) is 5.75 Å². The Labute approximate surface area is 144 Å². The molecule has 5 nitrogen and oxygen atoms in total. The molecule has 1 aromatic heterocycles. The molecule has 1 amide bonds. The first-order chi connectivity index (χ1) is 11.6. The highest BCUT2D eigenvalue weighted by atomic mass is 32.1. The minimum Gasteiger partial charge on any atom is -0.497 e. The van der Waals surface area contributed by atoms with Gasteiger partial charge in [-0.25, -0.2) is 0 Å². The van der Waals surface area contributed by atoms with Gasteiger partial charge in [0, 0.05) is 22.7 Å². The number of aryl methyl sites for hydroxylation is 2. The lowest BCUT2D eigenvalue weighted by Crippen LogP contribution is -2.13. The van der Waals surface area contributed by atoms with Crippen molar-refractivity contribution >= 4 is 22.6 Å². The van der Waals surface area contributed by atoms with Gasteiger partial charge in [-0.15, -0.1) is 0 Å². The van der Waals surface area contributed by atoms with Crippen LogP contribution in [0.4, 0.5) is 5.13 Å². The number of carbonyl (C=O) groups excluding carboxylic acids is 1. The van der Waals surface area contributed by atoms with E-state index < -0.39 is 0 Å². The van der Waals surface area contributed by atoms with Crippen LogP contribution < -0.4 is 10.1 Å². The van der Waals surface area contributed by atoms with E-state index in [1.807, 2.05) is 56.3 Å². The van der Waals surface area contributed by atoms with Gasteiger partial charge >= 0.3 is 0 Å². The lowest BCUT2D eigenvalue weighted by molar-refractivity contribution is 0.102. The Morgan fingerprint density at radius 3 is 2.58 bits per heavy atom. The minimum absolute atomic E-state index is 0.173. The topological polar surface area (TPSA) is 64.1 Å². The molecule has 1 N–H and O–H groups in total. The highest BCUT2D eigenvalue weighted by molar-refractivity contribution is 7.10. The molecule has 0 fully saturated rings. The SMILES string of the molecule is COc1ccc(-c2nsc(NC(=O)c3cc(C)ccc3C)n2)cc1. The third kappa shape index (κ3) is 3.44. The van der Waals surface area contributed by atoms with Crippen molar-refractivity contribution in [2.24, 2.45) is 0 Å². The highest BCUT2D eigenvalue weighted by Crippen LogP contribution is 2.24. The molecule has 3 aromatic rings. The van der Waals surface area contributed by atoms with Gasteiger partial charge in [0.2, 0.25) is 5.13 Å². The fourth-order valence-electron chi connectivity index (χ4n) is 2.28. The molecule has 0 atom stereocenters. The van der Waals surface area contributed by atoms with E-state index in [0.29, 0.717) is 16.5 Å². The summed E-state index contributed by atoms with van der Waals surface area (Å²) in [5, 5.41) is 3.30. The Morgan fingerprint density at radius 1 is 1.12 bits per heavy atom. The van der Waals surface area contributed by atoms with Crippen molar-refractivity contribution in [2.75, 3.05) is 12.4 Å². The van der Waals surface area contributed by atoms with Crippen molar-refractivity contribution in [1.29, 1.82) is 0 Å². The summed E-state index contributed by atoms with van der Waals surface area (Å²) in [6.45, 7) is 3.88. The van der Waals surface area contributed by atoms with Crippen LogP contribution in [0.2, 0.25) is 0 Å². The third-order valence-corrected chi connectivity index (χ3v) is 4.26. The van der Waals surface area contributed by atoms with Gasteiger partial charge in [-0.2, -0.15) is 9.36 Å². The quantitative estimate of drug-likeness (QED) is 0.778. The van der Waals surface area contributed by atoms with E-state index >= 15 is 0 Å². The van der Waals surface area contributed by atoms with Gasteiger partial charge in [-0.1, -0.05) is 17.7 Å². The van der Waals surface area contributed by atoms with Crippen LogP contribution in [0.3, 0.4) is 0 Å². The molecule has 0 aliphatic rings. The molecule has 1 heterocycles. The second-order valence-electron chi connectivity index (χ2n) is 5.42. The molecule has 122 valence electrons. The first-order valence-corrected chi connectivity index (χ1v) is 8.21. The van der Waals surface area contributed by atoms with Crippen molar-refractivity contribution in [2.45, 2.75) is 13.8 Å². The summed E-state index contributed by atoms with van der Waals surface area (Å²) in [5.74, 6) is 1.19. The van der Waals surface area contributed by atoms with E-state index in [1.165, 1.54) is 0 Å². The molecule has 0 aliphatic carbocycles. The molecule has 0 bridgehead atoms. The number of nitrogens with one attached hydrogen (secondary N) is 1. The first kappa shape index (κ1) is 16.1. The number of anilines is 1. The van der Waals surface area contributed by atoms with Gasteiger partial charge in [-0.05, 0) is 49.7 Å². The number of ether oxygens (including phenoxy) is 1. The molecule has 2 aromatic carbocycles. The molecule has 6 heteroatoms. The summed E-state index contributed by atoms with van der Waals surface area (Å²) in [6.07, 6.45) is 0. The van der Waals surface area contributed by atoms with Crippen LogP contribution in [0.15, 0.2) is 42.5 Å². The van der Waals surface area contributed by atoms with Crippen molar-refractivity contribution < 1.29 is 9.53 Å². The molecule has 0 radical (unpaired) electrons. The maximum atomic E-state index is 12.4. The van der Waals surface area contributed by atoms with E-state index in [9.17, 15) is 4.79 Å². The monoisotopic (exact) mass is 339 g/mol. The molecule has 24 heavy (non-hydrogen) atoms. The zero-order valence-electron chi connectivity index (χ0n) is 13.7. The molecule has 0 saturated carbocycles. The van der Waals surface area contributed by atoms with E-state index in [0.717, 1.165) is 34.0 Å². The lowest BCUT2D eigenvalue weighted by atomic mass is 10.1. The molecule has 0 saturated heterocycles. The van der Waals surface area contributed by atoms with Gasteiger partial charge in [0.25, 0.3) is 5.91 Å². The number of aromatic nitrogens is 2. The normalized spacial score (nSPS) is 10.5. The van der Waals surface area contributed by atoms with E-state index in [-0.39, 0.29) is 5.91 Å². The van der Waals surface area contributed by atoms with E-state index in [2.05, 4.69) is 14.7 Å². The fourth-order valence-corrected chi connectivity index (χ4v) is 2.86. The third-order valence-electron chi connectivity index (χ3n) is 3.63. The van der Waals surface area contributed by atoms with Crippen molar-refractivity contribution in [3.63, 3.8) is 0 Å². The number of rotatable bonds is 4. The number of hydrogen-bond donors (Lipinski definition) is 1. The smallest absolute Gasteiger partial charge is 0.257 e. The Bertz CT molecular complexity index is 872. The number of amides is 1. The second kappa shape index (κ2) is 6.80. The molecular weight excluding hydrogens is 322 g/mol. The Hall–Kier alpha value is -2.73. The average molecular weight is 339 g/mol. The first-order valence-electron chi connectivity index (χ1n) is 7.43. The van der Waals surface area contributed by atoms with Gasteiger partial charge in [0.05, 0.1) is 7.11 Å². The number of benzene rings is 2. The van der Waals surface area contributed by atoms with Crippen LogP contribution in [0.1, 0.15) is 21.5 Å². The predicted octanol–water partition coefficient (Wildman–Crippen LogP) is 4.08. The molecule has 0 aliphatic heterocycles. The fraction of sp³-hybridized carbons (Fsp3) is 0.167. The Kier molecular flexibility index (Phi) is 4.57. The van der Waals surface area contributed by atoms with Crippen LogP contribution in [-0.2, 0) is 0 Å². The van der Waals surface area contributed by atoms with E-state index in [1.54, 1.807) is 7.11 Å². The van der Waals surface area contributed by atoms with Gasteiger partial charge < -0.3 is 4.74 Å². The zero-order chi connectivity index (χ0) is 17.1. The maximum absolute atomic E-state index is 12.4. The van der Waals surface area contributed by atoms with Crippen LogP contribution in [0.5, 0.6) is 5.75 Å². The highest BCUT2D eigenvalue weighted by Gasteiger charge is 2.13. The summed E-state index contributed by atoms with van der Waals surface area (Å²) < 4.78 is 9.44. The van der Waals surface area contributed by atoms with Crippen LogP contribution >= 0.6 is 11.5 Å². The second-order valence-corrected chi connectivity index (χ2v) is 6.18. The lowest BCUT2D eigenvalue weighted by Gasteiger charge is -2.06. The van der Waals surface area contributed by atoms with Crippen molar-refractivity contribution in [3.8, 4) is 17.1 Å².